The van der Waals surface area contributed by atoms with E-state index in [2.05, 4.69) is 4.98 Å². The van der Waals surface area contributed by atoms with Crippen LogP contribution in [0.1, 0.15) is 5.56 Å². The third-order valence-electron chi connectivity index (χ3n) is 2.90. The lowest BCUT2D eigenvalue weighted by Gasteiger charge is -2.06. The van der Waals surface area contributed by atoms with Crippen LogP contribution in [0.2, 0.25) is 0 Å². The van der Waals surface area contributed by atoms with Crippen molar-refractivity contribution in [3.8, 4) is 11.8 Å². The molecule has 0 radical (unpaired) electrons. The number of hydrogen-bond donors (Lipinski definition) is 1. The Bertz CT molecular complexity index is 797. The Morgan fingerprint density at radius 2 is 1.89 bits per heavy atom. The zero-order valence-corrected chi connectivity index (χ0v) is 9.84. The van der Waals surface area contributed by atoms with E-state index in [4.69, 9.17) is 11.0 Å². The molecule has 92 valence electrons. The second kappa shape index (κ2) is 4.10. The number of nitrogen functional groups attached to an aromatic ring is 1. The highest BCUT2D eigenvalue weighted by molar-refractivity contribution is 5.80. The third kappa shape index (κ3) is 1.79. The molecule has 19 heavy (non-hydrogen) atoms. The van der Waals surface area contributed by atoms with Gasteiger partial charge in [0.2, 0.25) is 5.95 Å². The minimum absolute atomic E-state index is 0.283. The van der Waals surface area contributed by atoms with Crippen molar-refractivity contribution in [1.29, 1.82) is 5.26 Å². The average Bonchev–Trinajstić information content (AvgIpc) is 2.74. The van der Waals surface area contributed by atoms with Crippen molar-refractivity contribution in [2.75, 3.05) is 5.73 Å². The van der Waals surface area contributed by atoms with Crippen LogP contribution in [0.4, 0.5) is 10.3 Å². The quantitative estimate of drug-likeness (QED) is 0.723. The first-order chi connectivity index (χ1) is 9.19. The van der Waals surface area contributed by atoms with Crippen molar-refractivity contribution in [2.45, 2.75) is 0 Å². The Labute approximate surface area is 108 Å². The SMILES string of the molecule is N#Cc1ccc(-n2c(N)nc3ccc(F)cc32)cc1. The molecule has 5 heteroatoms. The van der Waals surface area contributed by atoms with E-state index in [1.807, 2.05) is 6.07 Å². The number of nitrogens with zero attached hydrogens (tertiary/aromatic N) is 3. The molecule has 0 saturated carbocycles. The van der Waals surface area contributed by atoms with Gasteiger partial charge in [-0.15, -0.1) is 0 Å². The van der Waals surface area contributed by atoms with Gasteiger partial charge in [-0.3, -0.25) is 4.57 Å². The molecule has 2 N–H and O–H groups in total. The lowest BCUT2D eigenvalue weighted by molar-refractivity contribution is 0.629. The summed E-state index contributed by atoms with van der Waals surface area (Å²) in [6, 6.07) is 13.2. The van der Waals surface area contributed by atoms with Gasteiger partial charge in [0.1, 0.15) is 5.82 Å². The fourth-order valence-electron chi connectivity index (χ4n) is 2.02. The molecule has 0 unspecified atom stereocenters. The average molecular weight is 252 g/mol. The summed E-state index contributed by atoms with van der Waals surface area (Å²) in [6.45, 7) is 0. The monoisotopic (exact) mass is 252 g/mol. The van der Waals surface area contributed by atoms with Gasteiger partial charge in [-0.2, -0.15) is 5.26 Å². The van der Waals surface area contributed by atoms with Crippen molar-refractivity contribution in [1.82, 2.24) is 9.55 Å². The lowest BCUT2D eigenvalue weighted by Crippen LogP contribution is -2.00. The zero-order valence-electron chi connectivity index (χ0n) is 9.84. The number of fused-ring (bicyclic) bond motifs is 1. The summed E-state index contributed by atoms with van der Waals surface area (Å²) < 4.78 is 15.0. The molecule has 1 heterocycles. The molecule has 0 spiro atoms. The van der Waals surface area contributed by atoms with Crippen LogP contribution in [0.25, 0.3) is 16.7 Å². The summed E-state index contributed by atoms with van der Waals surface area (Å²) in [7, 11) is 0. The predicted molar refractivity (Wildman–Crippen MR) is 70.2 cm³/mol. The van der Waals surface area contributed by atoms with Gasteiger partial charge < -0.3 is 5.73 Å². The topological polar surface area (TPSA) is 67.6 Å². The summed E-state index contributed by atoms with van der Waals surface area (Å²) >= 11 is 0. The molecule has 0 bridgehead atoms. The Balaban J connectivity index is 2.26. The fourth-order valence-corrected chi connectivity index (χ4v) is 2.02. The molecule has 0 amide bonds. The number of benzene rings is 2. The largest absolute Gasteiger partial charge is 0.369 e. The first-order valence-corrected chi connectivity index (χ1v) is 5.63. The van der Waals surface area contributed by atoms with Gasteiger partial charge in [-0.25, -0.2) is 9.37 Å². The van der Waals surface area contributed by atoms with Crippen LogP contribution >= 0.6 is 0 Å². The first kappa shape index (κ1) is 11.2. The number of nitriles is 1. The summed E-state index contributed by atoms with van der Waals surface area (Å²) in [5.41, 5.74) is 8.39. The molecular formula is C14H9FN4. The fraction of sp³-hybridized carbons (Fsp3) is 0. The number of rotatable bonds is 1. The van der Waals surface area contributed by atoms with Crippen LogP contribution in [0.3, 0.4) is 0 Å². The van der Waals surface area contributed by atoms with Crippen LogP contribution in [-0.4, -0.2) is 9.55 Å². The Morgan fingerprint density at radius 3 is 2.58 bits per heavy atom. The van der Waals surface area contributed by atoms with Gasteiger partial charge in [0, 0.05) is 11.8 Å². The van der Waals surface area contributed by atoms with Gasteiger partial charge in [-0.05, 0) is 36.4 Å². The molecule has 3 aromatic rings. The maximum absolute atomic E-state index is 13.3. The molecule has 1 aromatic heterocycles. The first-order valence-electron chi connectivity index (χ1n) is 5.63. The minimum Gasteiger partial charge on any atom is -0.369 e. The number of aromatic nitrogens is 2. The van der Waals surface area contributed by atoms with E-state index in [-0.39, 0.29) is 11.8 Å². The van der Waals surface area contributed by atoms with Gasteiger partial charge in [0.25, 0.3) is 0 Å². The Kier molecular flexibility index (Phi) is 2.43. The smallest absolute Gasteiger partial charge is 0.205 e. The number of nitrogens with two attached hydrogens (primary N) is 1. The van der Waals surface area contributed by atoms with Crippen LogP contribution < -0.4 is 5.73 Å². The van der Waals surface area contributed by atoms with Crippen molar-refractivity contribution >= 4 is 17.0 Å². The number of imidazole rings is 1. The number of hydrogen-bond acceptors (Lipinski definition) is 3. The lowest BCUT2D eigenvalue weighted by atomic mass is 10.2. The van der Waals surface area contributed by atoms with Crippen molar-refractivity contribution in [3.05, 3.63) is 53.8 Å². The summed E-state index contributed by atoms with van der Waals surface area (Å²) in [5, 5.41) is 8.78. The van der Waals surface area contributed by atoms with Gasteiger partial charge >= 0.3 is 0 Å². The molecule has 0 aliphatic carbocycles. The van der Waals surface area contributed by atoms with Crippen molar-refractivity contribution in [2.24, 2.45) is 0 Å². The zero-order chi connectivity index (χ0) is 13.4. The van der Waals surface area contributed by atoms with E-state index < -0.39 is 0 Å². The van der Waals surface area contributed by atoms with E-state index in [0.717, 1.165) is 5.69 Å². The molecule has 2 aromatic carbocycles. The van der Waals surface area contributed by atoms with Gasteiger partial charge in [-0.1, -0.05) is 0 Å². The van der Waals surface area contributed by atoms with Crippen LogP contribution in [0.15, 0.2) is 42.5 Å². The molecule has 0 atom stereocenters. The second-order valence-corrected chi connectivity index (χ2v) is 4.10. The Hall–Kier alpha value is -2.87. The minimum atomic E-state index is -0.345. The van der Waals surface area contributed by atoms with Gasteiger partial charge in [0.05, 0.1) is 22.7 Å². The molecule has 0 aliphatic rings. The third-order valence-corrected chi connectivity index (χ3v) is 2.90. The van der Waals surface area contributed by atoms with Crippen LogP contribution in [-0.2, 0) is 0 Å². The summed E-state index contributed by atoms with van der Waals surface area (Å²) in [4.78, 5) is 4.18. The number of anilines is 1. The van der Waals surface area contributed by atoms with E-state index in [1.165, 1.54) is 12.1 Å². The predicted octanol–water partition coefficient (Wildman–Crippen LogP) is 2.62. The van der Waals surface area contributed by atoms with Crippen LogP contribution in [0.5, 0.6) is 0 Å². The van der Waals surface area contributed by atoms with Gasteiger partial charge in [0.15, 0.2) is 0 Å². The molecule has 4 nitrogen and oxygen atoms in total. The maximum Gasteiger partial charge on any atom is 0.205 e. The maximum atomic E-state index is 13.3. The second-order valence-electron chi connectivity index (χ2n) is 4.10. The van der Waals surface area contributed by atoms with Crippen LogP contribution in [0, 0.1) is 17.1 Å². The summed E-state index contributed by atoms with van der Waals surface area (Å²) in [5.74, 6) is -0.0624. The molecule has 0 aliphatic heterocycles. The molecule has 0 fully saturated rings. The van der Waals surface area contributed by atoms with E-state index >= 15 is 0 Å². The highest BCUT2D eigenvalue weighted by Gasteiger charge is 2.10. The normalized spacial score (nSPS) is 10.5. The Morgan fingerprint density at radius 1 is 1.16 bits per heavy atom. The molecular weight excluding hydrogens is 243 g/mol. The van der Waals surface area contributed by atoms with E-state index in [0.29, 0.717) is 16.6 Å². The molecule has 0 saturated heterocycles. The molecule has 3 rings (SSSR count). The highest BCUT2D eigenvalue weighted by atomic mass is 19.1. The highest BCUT2D eigenvalue weighted by Crippen LogP contribution is 2.23. The summed E-state index contributed by atoms with van der Waals surface area (Å²) in [6.07, 6.45) is 0. The van der Waals surface area contributed by atoms with Crippen molar-refractivity contribution < 1.29 is 4.39 Å². The van der Waals surface area contributed by atoms with E-state index in [9.17, 15) is 4.39 Å². The van der Waals surface area contributed by atoms with E-state index in [1.54, 1.807) is 34.9 Å². The van der Waals surface area contributed by atoms with Crippen molar-refractivity contribution in [3.63, 3.8) is 0 Å². The number of halogens is 1. The standard InChI is InChI=1S/C14H9FN4/c15-10-3-6-12-13(7-10)19(14(17)18-12)11-4-1-9(8-16)2-5-11/h1-7H,(H2,17,18).